The molecule has 2 aromatic rings. The molecular weight excluding hydrogens is 234 g/mol. The second kappa shape index (κ2) is 4.05. The van der Waals surface area contributed by atoms with E-state index in [9.17, 15) is 8.78 Å². The highest BCUT2D eigenvalue weighted by Crippen LogP contribution is 2.37. The van der Waals surface area contributed by atoms with Crippen molar-refractivity contribution in [2.45, 2.75) is 24.9 Å². The molecule has 96 valence electrons. The van der Waals surface area contributed by atoms with Crippen molar-refractivity contribution in [1.29, 1.82) is 0 Å². The Morgan fingerprint density at radius 3 is 2.50 bits per heavy atom. The second-order valence-electron chi connectivity index (χ2n) is 5.22. The van der Waals surface area contributed by atoms with Gasteiger partial charge in [0.15, 0.2) is 11.6 Å². The summed E-state index contributed by atoms with van der Waals surface area (Å²) in [4.78, 5) is 2.19. The Kier molecular flexibility index (Phi) is 2.63. The highest BCUT2D eigenvalue weighted by molar-refractivity contribution is 5.80. The molecule has 1 heterocycles. The van der Waals surface area contributed by atoms with Gasteiger partial charge in [-0.3, -0.25) is 0 Å². The summed E-state index contributed by atoms with van der Waals surface area (Å²) in [5.74, 6) is -1.55. The van der Waals surface area contributed by atoms with Gasteiger partial charge >= 0.3 is 0 Å². The van der Waals surface area contributed by atoms with Crippen molar-refractivity contribution in [2.24, 2.45) is 0 Å². The lowest BCUT2D eigenvalue weighted by atomic mass is 9.85. The summed E-state index contributed by atoms with van der Waals surface area (Å²) in [7, 11) is 4.12. The van der Waals surface area contributed by atoms with Crippen LogP contribution in [0.5, 0.6) is 0 Å². The Morgan fingerprint density at radius 2 is 1.89 bits per heavy atom. The van der Waals surface area contributed by atoms with E-state index in [0.717, 1.165) is 23.7 Å². The molecule has 0 spiro atoms. The van der Waals surface area contributed by atoms with Gasteiger partial charge in [0.25, 0.3) is 0 Å². The highest BCUT2D eigenvalue weighted by atomic mass is 19.2. The number of fused-ring (bicyclic) bond motifs is 1. The van der Waals surface area contributed by atoms with Crippen LogP contribution in [0.1, 0.15) is 18.9 Å². The van der Waals surface area contributed by atoms with Crippen LogP contribution in [0.4, 0.5) is 8.78 Å². The topological polar surface area (TPSA) is 8.17 Å². The maximum atomic E-state index is 13.3. The predicted molar refractivity (Wildman–Crippen MR) is 67.6 cm³/mol. The molecule has 0 amide bonds. The molecule has 1 fully saturated rings. The molecule has 0 radical (unpaired) electrons. The minimum atomic E-state index is -0.780. The van der Waals surface area contributed by atoms with Gasteiger partial charge in [-0.2, -0.15) is 0 Å². The Labute approximate surface area is 105 Å². The smallest absolute Gasteiger partial charge is 0.160 e. The Morgan fingerprint density at radius 1 is 1.17 bits per heavy atom. The summed E-state index contributed by atoms with van der Waals surface area (Å²) in [6.07, 6.45) is 4.18. The number of halogens is 2. The van der Waals surface area contributed by atoms with Gasteiger partial charge in [-0.25, -0.2) is 8.78 Å². The highest BCUT2D eigenvalue weighted by Gasteiger charge is 2.34. The number of benzene rings is 1. The Balaban J connectivity index is 2.05. The second-order valence-corrected chi connectivity index (χ2v) is 5.22. The normalized spacial score (nSPS) is 23.6. The van der Waals surface area contributed by atoms with E-state index >= 15 is 0 Å². The molecule has 0 aliphatic heterocycles. The molecule has 0 bridgehead atoms. The van der Waals surface area contributed by atoms with Crippen LogP contribution in [0.3, 0.4) is 0 Å². The number of rotatable bonds is 2. The monoisotopic (exact) mass is 250 g/mol. The maximum absolute atomic E-state index is 13.3. The molecule has 2 unspecified atom stereocenters. The standard InChI is InChI=1S/C14H16F2N2/c1-17(2)12-3-4-13(12)18-6-5-9-7-10(15)11(16)8-14(9)18/h5-8,12-13H,3-4H2,1-2H3. The summed E-state index contributed by atoms with van der Waals surface area (Å²) >= 11 is 0. The lowest BCUT2D eigenvalue weighted by Gasteiger charge is -2.42. The zero-order chi connectivity index (χ0) is 12.9. The fourth-order valence-corrected chi connectivity index (χ4v) is 2.83. The van der Waals surface area contributed by atoms with Crippen molar-refractivity contribution in [3.8, 4) is 0 Å². The molecule has 1 saturated carbocycles. The molecule has 1 aromatic heterocycles. The molecule has 3 rings (SSSR count). The van der Waals surface area contributed by atoms with Gasteiger partial charge < -0.3 is 9.47 Å². The van der Waals surface area contributed by atoms with Crippen molar-refractivity contribution in [1.82, 2.24) is 9.47 Å². The van der Waals surface area contributed by atoms with E-state index in [0.29, 0.717) is 12.1 Å². The summed E-state index contributed by atoms with van der Waals surface area (Å²) < 4.78 is 28.6. The minimum absolute atomic E-state index is 0.363. The summed E-state index contributed by atoms with van der Waals surface area (Å²) in [5.41, 5.74) is 0.783. The SMILES string of the molecule is CN(C)C1CCC1n1ccc2cc(F)c(F)cc21. The van der Waals surface area contributed by atoms with Gasteiger partial charge in [0, 0.05) is 29.7 Å². The fourth-order valence-electron chi connectivity index (χ4n) is 2.83. The Bertz CT molecular complexity index is 589. The first-order valence-electron chi connectivity index (χ1n) is 6.20. The van der Waals surface area contributed by atoms with Gasteiger partial charge in [0.2, 0.25) is 0 Å². The number of hydrogen-bond acceptors (Lipinski definition) is 1. The van der Waals surface area contributed by atoms with Gasteiger partial charge in [-0.05, 0) is 39.1 Å². The first-order valence-corrected chi connectivity index (χ1v) is 6.20. The molecule has 0 saturated heterocycles. The Hall–Kier alpha value is -1.42. The molecule has 2 atom stereocenters. The van der Waals surface area contributed by atoms with Crippen LogP contribution in [0, 0.1) is 11.6 Å². The van der Waals surface area contributed by atoms with Crippen molar-refractivity contribution in [3.63, 3.8) is 0 Å². The van der Waals surface area contributed by atoms with Crippen LogP contribution < -0.4 is 0 Å². The molecule has 2 nitrogen and oxygen atoms in total. The summed E-state index contributed by atoms with van der Waals surface area (Å²) in [5, 5.41) is 0.762. The van der Waals surface area contributed by atoms with Gasteiger partial charge in [-0.15, -0.1) is 0 Å². The molecule has 1 aliphatic rings. The van der Waals surface area contributed by atoms with Crippen LogP contribution in [0.2, 0.25) is 0 Å². The third-order valence-electron chi connectivity index (χ3n) is 3.99. The molecule has 0 N–H and O–H groups in total. The number of likely N-dealkylation sites (N-methyl/N-ethyl adjacent to an activating group) is 1. The number of hydrogen-bond donors (Lipinski definition) is 0. The third-order valence-corrected chi connectivity index (χ3v) is 3.99. The van der Waals surface area contributed by atoms with Gasteiger partial charge in [0.05, 0.1) is 5.52 Å². The number of aromatic nitrogens is 1. The van der Waals surface area contributed by atoms with Crippen molar-refractivity contribution < 1.29 is 8.78 Å². The van der Waals surface area contributed by atoms with E-state index in [1.807, 2.05) is 12.3 Å². The first kappa shape index (κ1) is 11.7. The van der Waals surface area contributed by atoms with E-state index in [1.54, 1.807) is 0 Å². The molecule has 18 heavy (non-hydrogen) atoms. The zero-order valence-electron chi connectivity index (χ0n) is 10.5. The molecular formula is C14H16F2N2. The van der Waals surface area contributed by atoms with Crippen LogP contribution in [0.15, 0.2) is 24.4 Å². The third kappa shape index (κ3) is 1.63. The van der Waals surface area contributed by atoms with E-state index < -0.39 is 11.6 Å². The quantitative estimate of drug-likeness (QED) is 0.794. The molecule has 1 aliphatic carbocycles. The lowest BCUT2D eigenvalue weighted by molar-refractivity contribution is 0.116. The van der Waals surface area contributed by atoms with Gasteiger partial charge in [-0.1, -0.05) is 0 Å². The maximum Gasteiger partial charge on any atom is 0.160 e. The fraction of sp³-hybridized carbons (Fsp3) is 0.429. The van der Waals surface area contributed by atoms with E-state index in [1.165, 1.54) is 12.1 Å². The summed E-state index contributed by atoms with van der Waals surface area (Å²) in [6, 6.07) is 5.26. The van der Waals surface area contributed by atoms with Crippen molar-refractivity contribution in [3.05, 3.63) is 36.0 Å². The molecule has 1 aromatic carbocycles. The van der Waals surface area contributed by atoms with Crippen molar-refractivity contribution >= 4 is 10.9 Å². The van der Waals surface area contributed by atoms with Crippen LogP contribution in [-0.2, 0) is 0 Å². The molecule has 4 heteroatoms. The minimum Gasteiger partial charge on any atom is -0.343 e. The predicted octanol–water partition coefficient (Wildman–Crippen LogP) is 3.18. The average molecular weight is 250 g/mol. The lowest BCUT2D eigenvalue weighted by Crippen LogP contribution is -2.43. The number of nitrogens with zero attached hydrogens (tertiary/aromatic N) is 2. The van der Waals surface area contributed by atoms with Crippen molar-refractivity contribution in [2.75, 3.05) is 14.1 Å². The largest absolute Gasteiger partial charge is 0.343 e. The van der Waals surface area contributed by atoms with Crippen LogP contribution >= 0.6 is 0 Å². The van der Waals surface area contributed by atoms with Crippen LogP contribution in [-0.4, -0.2) is 29.6 Å². The van der Waals surface area contributed by atoms with E-state index in [2.05, 4.69) is 23.6 Å². The summed E-state index contributed by atoms with van der Waals surface area (Å²) in [6.45, 7) is 0. The van der Waals surface area contributed by atoms with Crippen LogP contribution in [0.25, 0.3) is 10.9 Å². The van der Waals surface area contributed by atoms with Gasteiger partial charge in [0.1, 0.15) is 0 Å². The zero-order valence-corrected chi connectivity index (χ0v) is 10.5. The van der Waals surface area contributed by atoms with E-state index in [-0.39, 0.29) is 0 Å². The first-order chi connectivity index (χ1) is 8.58. The van der Waals surface area contributed by atoms with E-state index in [4.69, 9.17) is 0 Å². The average Bonchev–Trinajstić information content (AvgIpc) is 2.60.